The van der Waals surface area contributed by atoms with E-state index in [2.05, 4.69) is 41.3 Å². The average molecular weight is 320 g/mol. The van der Waals surface area contributed by atoms with E-state index < -0.39 is 0 Å². The summed E-state index contributed by atoms with van der Waals surface area (Å²) in [5.41, 5.74) is 0. The fourth-order valence-electron chi connectivity index (χ4n) is 2.89. The summed E-state index contributed by atoms with van der Waals surface area (Å²) in [6, 6.07) is 5.12. The predicted octanol–water partition coefficient (Wildman–Crippen LogP) is 2.64. The molecule has 1 saturated heterocycles. The van der Waals surface area contributed by atoms with Crippen LogP contribution in [0.4, 0.5) is 0 Å². The van der Waals surface area contributed by atoms with Crippen LogP contribution < -0.4 is 10.6 Å². The minimum Gasteiger partial charge on any atom is -0.469 e. The molecule has 23 heavy (non-hydrogen) atoms. The molecule has 1 aliphatic heterocycles. The van der Waals surface area contributed by atoms with Gasteiger partial charge in [0.15, 0.2) is 5.96 Å². The van der Waals surface area contributed by atoms with Gasteiger partial charge in [-0.25, -0.2) is 0 Å². The van der Waals surface area contributed by atoms with Crippen LogP contribution in [0.1, 0.15) is 45.8 Å². The summed E-state index contributed by atoms with van der Waals surface area (Å²) in [6.45, 7) is 10.8. The van der Waals surface area contributed by atoms with Gasteiger partial charge in [0.2, 0.25) is 0 Å². The number of hydrogen-bond donors (Lipinski definition) is 2. The van der Waals surface area contributed by atoms with Crippen LogP contribution in [0, 0.1) is 0 Å². The molecule has 0 saturated carbocycles. The number of furan rings is 1. The van der Waals surface area contributed by atoms with Crippen molar-refractivity contribution in [2.75, 3.05) is 26.2 Å². The molecule has 2 heterocycles. The number of nitrogens with one attached hydrogen (secondary N) is 2. The maximum absolute atomic E-state index is 5.37. The Kier molecular flexibility index (Phi) is 7.46. The molecular weight excluding hydrogens is 288 g/mol. The van der Waals surface area contributed by atoms with Crippen molar-refractivity contribution < 1.29 is 4.42 Å². The van der Waals surface area contributed by atoms with Crippen LogP contribution in [0.2, 0.25) is 0 Å². The van der Waals surface area contributed by atoms with Gasteiger partial charge in [-0.05, 0) is 45.2 Å². The molecule has 1 aliphatic rings. The number of rotatable bonds is 7. The first kappa shape index (κ1) is 17.9. The highest BCUT2D eigenvalue weighted by molar-refractivity contribution is 5.80. The molecule has 1 aromatic heterocycles. The van der Waals surface area contributed by atoms with Gasteiger partial charge < -0.3 is 20.0 Å². The van der Waals surface area contributed by atoms with Gasteiger partial charge in [0.25, 0.3) is 0 Å². The van der Waals surface area contributed by atoms with Crippen molar-refractivity contribution in [2.24, 2.45) is 4.99 Å². The van der Waals surface area contributed by atoms with Gasteiger partial charge in [0.1, 0.15) is 5.76 Å². The lowest BCUT2D eigenvalue weighted by atomic mass is 10.0. The number of likely N-dealkylation sites (tertiary alicyclic amines) is 1. The topological polar surface area (TPSA) is 52.8 Å². The first-order valence-corrected chi connectivity index (χ1v) is 9.00. The Morgan fingerprint density at radius 1 is 1.39 bits per heavy atom. The quantitative estimate of drug-likeness (QED) is 0.599. The minimum atomic E-state index is 0.525. The molecule has 0 aliphatic carbocycles. The number of hydrogen-bond acceptors (Lipinski definition) is 3. The Balaban J connectivity index is 1.77. The van der Waals surface area contributed by atoms with Crippen LogP contribution >= 0.6 is 0 Å². The number of guanidine groups is 1. The van der Waals surface area contributed by atoms with Gasteiger partial charge >= 0.3 is 0 Å². The Bertz CT molecular complexity index is 448. The third-order valence-electron chi connectivity index (χ3n) is 4.34. The van der Waals surface area contributed by atoms with Crippen LogP contribution in [0.3, 0.4) is 0 Å². The van der Waals surface area contributed by atoms with E-state index in [1.807, 2.05) is 12.1 Å². The standard InChI is InChI=1S/C18H32N4O/c1-4-10-19-18(20-11-7-17-6-5-14-23-17)21-16-8-12-22(13-9-16)15(2)3/h5-6,14-16H,4,7-13H2,1-3H3,(H2,19,20,21). The molecule has 0 aromatic carbocycles. The summed E-state index contributed by atoms with van der Waals surface area (Å²) in [4.78, 5) is 7.21. The first-order chi connectivity index (χ1) is 11.2. The van der Waals surface area contributed by atoms with Gasteiger partial charge in [-0.1, -0.05) is 6.92 Å². The van der Waals surface area contributed by atoms with E-state index in [-0.39, 0.29) is 0 Å². The van der Waals surface area contributed by atoms with Crippen molar-refractivity contribution in [3.05, 3.63) is 24.2 Å². The maximum atomic E-state index is 5.37. The molecule has 130 valence electrons. The lowest BCUT2D eigenvalue weighted by molar-refractivity contribution is 0.167. The monoisotopic (exact) mass is 320 g/mol. The Morgan fingerprint density at radius 2 is 2.17 bits per heavy atom. The largest absolute Gasteiger partial charge is 0.469 e. The second-order valence-electron chi connectivity index (χ2n) is 6.53. The third-order valence-corrected chi connectivity index (χ3v) is 4.34. The summed E-state index contributed by atoms with van der Waals surface area (Å²) in [7, 11) is 0. The molecule has 2 N–H and O–H groups in total. The first-order valence-electron chi connectivity index (χ1n) is 9.00. The highest BCUT2D eigenvalue weighted by atomic mass is 16.3. The fourth-order valence-corrected chi connectivity index (χ4v) is 2.89. The van der Waals surface area contributed by atoms with E-state index in [0.717, 1.165) is 37.7 Å². The Morgan fingerprint density at radius 3 is 2.78 bits per heavy atom. The van der Waals surface area contributed by atoms with Gasteiger partial charge in [0.05, 0.1) is 6.26 Å². The molecule has 5 nitrogen and oxygen atoms in total. The lowest BCUT2D eigenvalue weighted by Gasteiger charge is -2.35. The minimum absolute atomic E-state index is 0.525. The summed E-state index contributed by atoms with van der Waals surface area (Å²) in [5, 5.41) is 7.05. The summed E-state index contributed by atoms with van der Waals surface area (Å²) in [5.74, 6) is 1.96. The number of nitrogens with zero attached hydrogens (tertiary/aromatic N) is 2. The molecule has 2 rings (SSSR count). The molecule has 0 unspecified atom stereocenters. The molecular formula is C18H32N4O. The second-order valence-corrected chi connectivity index (χ2v) is 6.53. The van der Waals surface area contributed by atoms with E-state index in [1.54, 1.807) is 6.26 Å². The van der Waals surface area contributed by atoms with Crippen LogP contribution in [0.25, 0.3) is 0 Å². The Hall–Kier alpha value is -1.49. The summed E-state index contributed by atoms with van der Waals surface area (Å²) < 4.78 is 5.37. The third kappa shape index (κ3) is 6.26. The van der Waals surface area contributed by atoms with Crippen molar-refractivity contribution in [1.82, 2.24) is 15.5 Å². The van der Waals surface area contributed by atoms with Crippen molar-refractivity contribution in [2.45, 2.75) is 58.5 Å². The van der Waals surface area contributed by atoms with E-state index in [4.69, 9.17) is 4.42 Å². The lowest BCUT2D eigenvalue weighted by Crippen LogP contribution is -2.50. The number of piperidine rings is 1. The normalized spacial score (nSPS) is 17.7. The van der Waals surface area contributed by atoms with Gasteiger partial charge in [-0.3, -0.25) is 4.99 Å². The van der Waals surface area contributed by atoms with Crippen molar-refractivity contribution >= 4 is 5.96 Å². The molecule has 1 aromatic rings. The van der Waals surface area contributed by atoms with E-state index in [0.29, 0.717) is 12.1 Å². The molecule has 0 radical (unpaired) electrons. The van der Waals surface area contributed by atoms with E-state index in [9.17, 15) is 0 Å². The SMILES string of the molecule is CCCN=C(NCCc1ccco1)NC1CCN(C(C)C)CC1. The van der Waals surface area contributed by atoms with Crippen LogP contribution in [-0.2, 0) is 6.42 Å². The highest BCUT2D eigenvalue weighted by Gasteiger charge is 2.21. The van der Waals surface area contributed by atoms with Crippen molar-refractivity contribution in [3.8, 4) is 0 Å². The van der Waals surface area contributed by atoms with Gasteiger partial charge in [-0.2, -0.15) is 0 Å². The maximum Gasteiger partial charge on any atom is 0.191 e. The van der Waals surface area contributed by atoms with Crippen molar-refractivity contribution in [1.29, 1.82) is 0 Å². The van der Waals surface area contributed by atoms with Gasteiger partial charge in [-0.15, -0.1) is 0 Å². The molecule has 0 atom stereocenters. The average Bonchev–Trinajstić information content (AvgIpc) is 3.06. The summed E-state index contributed by atoms with van der Waals surface area (Å²) in [6.07, 6.45) is 6.04. The van der Waals surface area contributed by atoms with Crippen molar-refractivity contribution in [3.63, 3.8) is 0 Å². The molecule has 0 bridgehead atoms. The Labute approximate surface area is 140 Å². The smallest absolute Gasteiger partial charge is 0.191 e. The molecule has 1 fully saturated rings. The molecule has 0 spiro atoms. The van der Waals surface area contributed by atoms with Crippen LogP contribution in [-0.4, -0.2) is 49.1 Å². The summed E-state index contributed by atoms with van der Waals surface area (Å²) >= 11 is 0. The number of aliphatic imine (C=N–C) groups is 1. The zero-order valence-corrected chi connectivity index (χ0v) is 14.8. The zero-order chi connectivity index (χ0) is 16.5. The predicted molar refractivity (Wildman–Crippen MR) is 95.9 cm³/mol. The molecule has 0 amide bonds. The van der Waals surface area contributed by atoms with E-state index in [1.165, 1.54) is 25.9 Å². The van der Waals surface area contributed by atoms with Crippen LogP contribution in [0.15, 0.2) is 27.8 Å². The second kappa shape index (κ2) is 9.60. The highest BCUT2D eigenvalue weighted by Crippen LogP contribution is 2.12. The van der Waals surface area contributed by atoms with Gasteiger partial charge in [0, 0.05) is 44.7 Å². The molecule has 5 heteroatoms. The zero-order valence-electron chi connectivity index (χ0n) is 14.8. The van der Waals surface area contributed by atoms with Crippen LogP contribution in [0.5, 0.6) is 0 Å². The van der Waals surface area contributed by atoms with E-state index >= 15 is 0 Å². The fraction of sp³-hybridized carbons (Fsp3) is 0.722.